The largest absolute Gasteiger partial charge is 0.466 e. The van der Waals surface area contributed by atoms with E-state index in [0.29, 0.717) is 37.4 Å². The molecule has 0 bridgehead atoms. The summed E-state index contributed by atoms with van der Waals surface area (Å²) >= 11 is 0.889. The number of piperidine rings is 1. The van der Waals surface area contributed by atoms with Crippen molar-refractivity contribution in [3.8, 4) is 0 Å². The van der Waals surface area contributed by atoms with E-state index >= 15 is 0 Å². The number of aromatic nitrogens is 2. The van der Waals surface area contributed by atoms with Crippen molar-refractivity contribution < 1.29 is 19.1 Å². The van der Waals surface area contributed by atoms with E-state index < -0.39 is 0 Å². The number of rotatable bonds is 4. The van der Waals surface area contributed by atoms with Crippen LogP contribution in [0, 0.1) is 5.92 Å². The number of hydrogen-bond acceptors (Lipinski definition) is 8. The van der Waals surface area contributed by atoms with Crippen molar-refractivity contribution >= 4 is 51.7 Å². The number of esters is 1. The van der Waals surface area contributed by atoms with Crippen LogP contribution < -0.4 is 10.2 Å². The Bertz CT molecular complexity index is 1010. The predicted octanol–water partition coefficient (Wildman–Crippen LogP) is 2.73. The molecule has 0 radical (unpaired) electrons. The van der Waals surface area contributed by atoms with E-state index in [1.807, 2.05) is 25.1 Å². The molecule has 9 heteroatoms. The van der Waals surface area contributed by atoms with Gasteiger partial charge < -0.3 is 9.64 Å². The first-order chi connectivity index (χ1) is 14.0. The lowest BCUT2D eigenvalue weighted by Crippen LogP contribution is -2.37. The molecule has 8 nitrogen and oxygen atoms in total. The molecule has 0 aliphatic carbocycles. The molecule has 0 saturated carbocycles. The van der Waals surface area contributed by atoms with E-state index in [4.69, 9.17) is 4.74 Å². The maximum atomic E-state index is 12.0. The standard InChI is InChI=1S/C20H20N4O4S/c1-2-28-19(26)13-5-7-24(8-6-13)17-14-9-12(3-4-15(14)21-11-22-17)10-16-18(25)23-20(27)29-16/h3-4,9-11,13H,2,5-8H2,1H3,(H,23,25,27)/b16-10-. The van der Waals surface area contributed by atoms with E-state index in [0.717, 1.165) is 34.0 Å². The molecule has 2 aliphatic heterocycles. The third-order valence-electron chi connectivity index (χ3n) is 4.99. The molecule has 150 valence electrons. The summed E-state index contributed by atoms with van der Waals surface area (Å²) < 4.78 is 5.14. The normalized spacial score (nSPS) is 19.1. The van der Waals surface area contributed by atoms with Gasteiger partial charge in [0.2, 0.25) is 0 Å². The number of ether oxygens (including phenoxy) is 1. The Kier molecular flexibility index (Phi) is 5.48. The molecule has 1 N–H and O–H groups in total. The molecule has 29 heavy (non-hydrogen) atoms. The van der Waals surface area contributed by atoms with Gasteiger partial charge in [-0.2, -0.15) is 0 Å². The molecule has 0 unspecified atom stereocenters. The van der Waals surface area contributed by atoms with Crippen LogP contribution in [0.3, 0.4) is 0 Å². The van der Waals surface area contributed by atoms with Gasteiger partial charge in [-0.05, 0) is 55.3 Å². The third-order valence-corrected chi connectivity index (χ3v) is 5.80. The van der Waals surface area contributed by atoms with Gasteiger partial charge in [-0.3, -0.25) is 19.7 Å². The monoisotopic (exact) mass is 412 g/mol. The van der Waals surface area contributed by atoms with Crippen molar-refractivity contribution in [3.63, 3.8) is 0 Å². The van der Waals surface area contributed by atoms with Gasteiger partial charge in [0.15, 0.2) is 0 Å². The molecule has 2 fully saturated rings. The smallest absolute Gasteiger partial charge is 0.309 e. The number of benzene rings is 1. The highest BCUT2D eigenvalue weighted by Gasteiger charge is 2.28. The summed E-state index contributed by atoms with van der Waals surface area (Å²) in [5.74, 6) is 0.216. The molecule has 2 saturated heterocycles. The number of thioether (sulfide) groups is 1. The lowest BCUT2D eigenvalue weighted by molar-refractivity contribution is -0.148. The summed E-state index contributed by atoms with van der Waals surface area (Å²) in [6.45, 7) is 3.62. The topological polar surface area (TPSA) is 101 Å². The van der Waals surface area contributed by atoms with Gasteiger partial charge in [0.05, 0.1) is 22.9 Å². The molecule has 2 aliphatic rings. The predicted molar refractivity (Wildman–Crippen MR) is 110 cm³/mol. The Balaban J connectivity index is 1.59. The van der Waals surface area contributed by atoms with E-state index in [1.54, 1.807) is 6.08 Å². The molecular weight excluding hydrogens is 392 g/mol. The van der Waals surface area contributed by atoms with Crippen LogP contribution in [-0.2, 0) is 14.3 Å². The Morgan fingerprint density at radius 2 is 2.10 bits per heavy atom. The number of imide groups is 1. The SMILES string of the molecule is CCOC(=O)C1CCN(c2ncnc3ccc(/C=C4\SC(=O)NC4=O)cc23)CC1. The number of carbonyl (C=O) groups is 3. The molecule has 4 rings (SSSR count). The first kappa shape index (κ1) is 19.4. The van der Waals surface area contributed by atoms with Crippen LogP contribution in [0.5, 0.6) is 0 Å². The first-order valence-electron chi connectivity index (χ1n) is 9.46. The van der Waals surface area contributed by atoms with E-state index in [9.17, 15) is 14.4 Å². The number of fused-ring (bicyclic) bond motifs is 1. The fourth-order valence-electron chi connectivity index (χ4n) is 3.56. The number of nitrogens with zero attached hydrogens (tertiary/aromatic N) is 3. The zero-order valence-corrected chi connectivity index (χ0v) is 16.7. The minimum absolute atomic E-state index is 0.0740. The van der Waals surface area contributed by atoms with E-state index in [1.165, 1.54) is 6.33 Å². The second-order valence-corrected chi connectivity index (χ2v) is 7.85. The number of amides is 2. The number of carbonyl (C=O) groups excluding carboxylic acids is 3. The average molecular weight is 412 g/mol. The van der Waals surface area contributed by atoms with Gasteiger partial charge >= 0.3 is 5.97 Å². The van der Waals surface area contributed by atoms with Crippen molar-refractivity contribution in [1.29, 1.82) is 0 Å². The highest BCUT2D eigenvalue weighted by atomic mass is 32.2. The van der Waals surface area contributed by atoms with Gasteiger partial charge in [-0.25, -0.2) is 9.97 Å². The number of hydrogen-bond donors (Lipinski definition) is 1. The van der Waals surface area contributed by atoms with E-state index in [2.05, 4.69) is 20.2 Å². The molecule has 1 aromatic carbocycles. The van der Waals surface area contributed by atoms with Gasteiger partial charge in [0.1, 0.15) is 12.1 Å². The molecule has 0 atom stereocenters. The lowest BCUT2D eigenvalue weighted by Gasteiger charge is -2.32. The third kappa shape index (κ3) is 4.09. The van der Waals surface area contributed by atoms with E-state index in [-0.39, 0.29) is 23.0 Å². The summed E-state index contributed by atoms with van der Waals surface area (Å²) in [5.41, 5.74) is 1.59. The second-order valence-electron chi connectivity index (χ2n) is 6.84. The molecule has 2 aromatic rings. The maximum absolute atomic E-state index is 12.0. The van der Waals surface area contributed by atoms with Crippen LogP contribution >= 0.6 is 11.8 Å². The first-order valence-corrected chi connectivity index (χ1v) is 10.3. The maximum Gasteiger partial charge on any atom is 0.309 e. The van der Waals surface area contributed by atoms with Crippen LogP contribution in [0.25, 0.3) is 17.0 Å². The molecule has 3 heterocycles. The van der Waals surface area contributed by atoms with Crippen molar-refractivity contribution in [2.75, 3.05) is 24.6 Å². The van der Waals surface area contributed by atoms with Crippen molar-refractivity contribution in [2.24, 2.45) is 5.92 Å². The summed E-state index contributed by atoms with van der Waals surface area (Å²) in [7, 11) is 0. The van der Waals surface area contributed by atoms with Crippen LogP contribution in [0.4, 0.5) is 10.6 Å². The summed E-state index contributed by atoms with van der Waals surface area (Å²) in [5, 5.41) is 2.76. The minimum atomic E-state index is -0.384. The number of nitrogens with one attached hydrogen (secondary N) is 1. The highest BCUT2D eigenvalue weighted by Crippen LogP contribution is 2.30. The van der Waals surface area contributed by atoms with Gasteiger partial charge in [-0.15, -0.1) is 0 Å². The van der Waals surface area contributed by atoms with Crippen LogP contribution in [0.1, 0.15) is 25.3 Å². The second kappa shape index (κ2) is 8.20. The van der Waals surface area contributed by atoms with Gasteiger partial charge in [0, 0.05) is 18.5 Å². The van der Waals surface area contributed by atoms with Crippen LogP contribution in [0.15, 0.2) is 29.4 Å². The minimum Gasteiger partial charge on any atom is -0.466 e. The van der Waals surface area contributed by atoms with Crippen molar-refractivity contribution in [3.05, 3.63) is 35.0 Å². The van der Waals surface area contributed by atoms with Crippen LogP contribution in [-0.4, -0.2) is 46.8 Å². The average Bonchev–Trinajstić information content (AvgIpc) is 3.04. The fraction of sp³-hybridized carbons (Fsp3) is 0.350. The highest BCUT2D eigenvalue weighted by molar-refractivity contribution is 8.18. The van der Waals surface area contributed by atoms with Crippen LogP contribution in [0.2, 0.25) is 0 Å². The Labute approximate surface area is 171 Å². The molecule has 1 aromatic heterocycles. The van der Waals surface area contributed by atoms with Gasteiger partial charge in [-0.1, -0.05) is 6.07 Å². The van der Waals surface area contributed by atoms with Crippen molar-refractivity contribution in [1.82, 2.24) is 15.3 Å². The molecule has 0 spiro atoms. The Morgan fingerprint density at radius 1 is 1.31 bits per heavy atom. The summed E-state index contributed by atoms with van der Waals surface area (Å²) in [6, 6.07) is 5.65. The lowest BCUT2D eigenvalue weighted by atomic mass is 9.96. The molecule has 2 amide bonds. The zero-order valence-electron chi connectivity index (χ0n) is 15.9. The molecular formula is C20H20N4O4S. The Hall–Kier alpha value is -2.94. The Morgan fingerprint density at radius 3 is 2.79 bits per heavy atom. The fourth-order valence-corrected chi connectivity index (χ4v) is 4.24. The quantitative estimate of drug-likeness (QED) is 0.604. The van der Waals surface area contributed by atoms with Gasteiger partial charge in [0.25, 0.3) is 11.1 Å². The van der Waals surface area contributed by atoms with Crippen molar-refractivity contribution in [2.45, 2.75) is 19.8 Å². The summed E-state index contributed by atoms with van der Waals surface area (Å²) in [6.07, 6.45) is 4.65. The summed E-state index contributed by atoms with van der Waals surface area (Å²) in [4.78, 5) is 46.5. The zero-order chi connectivity index (χ0) is 20.4. The number of anilines is 1.